The molecule has 1 aliphatic heterocycles. The summed E-state index contributed by atoms with van der Waals surface area (Å²) >= 11 is 1.40. The van der Waals surface area contributed by atoms with Crippen LogP contribution in [0.25, 0.3) is 0 Å². The molecule has 1 amide bonds. The second-order valence-corrected chi connectivity index (χ2v) is 8.43. The number of sulfonamides is 1. The Morgan fingerprint density at radius 3 is 3.04 bits per heavy atom. The molecule has 1 aliphatic rings. The Hall–Kier alpha value is -1.97. The van der Waals surface area contributed by atoms with Crippen LogP contribution in [0.2, 0.25) is 0 Å². The molecule has 3 rings (SSSR count). The van der Waals surface area contributed by atoms with Crippen molar-refractivity contribution in [1.82, 2.24) is 14.6 Å². The van der Waals surface area contributed by atoms with Crippen molar-refractivity contribution in [3.8, 4) is 5.19 Å². The van der Waals surface area contributed by atoms with Gasteiger partial charge in [0.2, 0.25) is 15.9 Å². The van der Waals surface area contributed by atoms with E-state index in [9.17, 15) is 13.2 Å². The van der Waals surface area contributed by atoms with Crippen LogP contribution in [-0.4, -0.2) is 49.9 Å². The predicted octanol–water partition coefficient (Wildman–Crippen LogP) is 1.41. The Balaban J connectivity index is 1.52. The molecule has 1 aromatic carbocycles. The minimum Gasteiger partial charge on any atom is -0.465 e. The average Bonchev–Trinajstić information content (AvgIpc) is 3.25. The van der Waals surface area contributed by atoms with E-state index in [4.69, 9.17) is 4.74 Å². The third-order valence-corrected chi connectivity index (χ3v) is 5.95. The molecule has 2 heterocycles. The fraction of sp³-hybridized carbons (Fsp3) is 0.375. The summed E-state index contributed by atoms with van der Waals surface area (Å²) in [6.07, 6.45) is 2.26. The summed E-state index contributed by atoms with van der Waals surface area (Å²) in [6.45, 7) is 2.53. The first-order valence-electron chi connectivity index (χ1n) is 7.84. The number of amides is 1. The van der Waals surface area contributed by atoms with Crippen LogP contribution in [0.5, 0.6) is 5.19 Å². The molecule has 1 saturated heterocycles. The number of hydrogen-bond acceptors (Lipinski definition) is 6. The van der Waals surface area contributed by atoms with Gasteiger partial charge in [0.05, 0.1) is 18.0 Å². The molecule has 134 valence electrons. The van der Waals surface area contributed by atoms with Crippen molar-refractivity contribution in [3.63, 3.8) is 0 Å². The van der Waals surface area contributed by atoms with E-state index in [1.807, 2.05) is 18.4 Å². The summed E-state index contributed by atoms with van der Waals surface area (Å²) in [5.74, 6) is -0.263. The highest BCUT2D eigenvalue weighted by Gasteiger charge is 2.28. The first-order chi connectivity index (χ1) is 11.9. The zero-order valence-corrected chi connectivity index (χ0v) is 15.3. The van der Waals surface area contributed by atoms with Gasteiger partial charge < -0.3 is 9.64 Å². The Labute approximate surface area is 150 Å². The smallest absolute Gasteiger partial charge is 0.273 e. The lowest BCUT2D eigenvalue weighted by atomic mass is 10.2. The van der Waals surface area contributed by atoms with E-state index < -0.39 is 10.0 Å². The van der Waals surface area contributed by atoms with Gasteiger partial charge in [0.25, 0.3) is 5.19 Å². The molecule has 9 heteroatoms. The third kappa shape index (κ3) is 4.56. The molecule has 1 N–H and O–H groups in total. The number of rotatable bonds is 6. The summed E-state index contributed by atoms with van der Waals surface area (Å²) < 4.78 is 32.6. The maximum Gasteiger partial charge on any atom is 0.273 e. The molecular formula is C16H19N3O4S2. The molecule has 0 spiro atoms. The molecule has 2 aromatic rings. The van der Waals surface area contributed by atoms with Crippen LogP contribution in [0.15, 0.2) is 40.7 Å². The number of carbonyl (C=O) groups is 1. The van der Waals surface area contributed by atoms with E-state index in [1.54, 1.807) is 23.2 Å². The van der Waals surface area contributed by atoms with Gasteiger partial charge >= 0.3 is 0 Å². The lowest BCUT2D eigenvalue weighted by Crippen LogP contribution is -2.39. The fourth-order valence-electron chi connectivity index (χ4n) is 2.60. The molecule has 1 aromatic heterocycles. The van der Waals surface area contributed by atoms with Crippen LogP contribution in [0.1, 0.15) is 12.0 Å². The SMILES string of the molecule is Cc1cccc(S(=O)(=O)NCC(=O)N2CCC(Oc3nccs3)C2)c1. The topological polar surface area (TPSA) is 88.6 Å². The second kappa shape index (κ2) is 7.51. The first-order valence-corrected chi connectivity index (χ1v) is 10.2. The summed E-state index contributed by atoms with van der Waals surface area (Å²) in [5, 5.41) is 2.41. The number of aryl methyl sites for hydroxylation is 1. The number of thiazole rings is 1. The minimum atomic E-state index is -3.70. The summed E-state index contributed by atoms with van der Waals surface area (Å²) in [5.41, 5.74) is 0.843. The van der Waals surface area contributed by atoms with Gasteiger partial charge in [-0.1, -0.05) is 23.5 Å². The molecule has 1 fully saturated rings. The Kier molecular flexibility index (Phi) is 5.36. The van der Waals surface area contributed by atoms with Gasteiger partial charge in [-0.25, -0.2) is 18.1 Å². The Morgan fingerprint density at radius 1 is 1.48 bits per heavy atom. The maximum atomic E-state index is 12.3. The monoisotopic (exact) mass is 381 g/mol. The van der Waals surface area contributed by atoms with Crippen molar-refractivity contribution in [3.05, 3.63) is 41.4 Å². The highest BCUT2D eigenvalue weighted by molar-refractivity contribution is 7.89. The number of benzene rings is 1. The normalized spacial score (nSPS) is 17.6. The van der Waals surface area contributed by atoms with Gasteiger partial charge in [-0.2, -0.15) is 0 Å². The minimum absolute atomic E-state index is 0.108. The van der Waals surface area contributed by atoms with Gasteiger partial charge in [-0.3, -0.25) is 4.79 Å². The first kappa shape index (κ1) is 17.8. The lowest BCUT2D eigenvalue weighted by Gasteiger charge is -2.17. The number of carbonyl (C=O) groups excluding carboxylic acids is 1. The Bertz CT molecular complexity index is 837. The van der Waals surface area contributed by atoms with Crippen LogP contribution in [-0.2, 0) is 14.8 Å². The molecule has 1 atom stereocenters. The Morgan fingerprint density at radius 2 is 2.32 bits per heavy atom. The van der Waals surface area contributed by atoms with Gasteiger partial charge in [-0.15, -0.1) is 0 Å². The highest BCUT2D eigenvalue weighted by atomic mass is 32.2. The zero-order valence-electron chi connectivity index (χ0n) is 13.7. The quantitative estimate of drug-likeness (QED) is 0.817. The van der Waals surface area contributed by atoms with Crippen molar-refractivity contribution in [2.24, 2.45) is 0 Å². The molecule has 25 heavy (non-hydrogen) atoms. The van der Waals surface area contributed by atoms with Gasteiger partial charge in [0.1, 0.15) is 6.10 Å². The fourth-order valence-corrected chi connectivity index (χ4v) is 4.23. The number of likely N-dealkylation sites (tertiary alicyclic amines) is 1. The van der Waals surface area contributed by atoms with E-state index >= 15 is 0 Å². The number of aromatic nitrogens is 1. The van der Waals surface area contributed by atoms with Gasteiger partial charge in [0.15, 0.2) is 0 Å². The largest absolute Gasteiger partial charge is 0.465 e. The average molecular weight is 381 g/mol. The van der Waals surface area contributed by atoms with Gasteiger partial charge in [0, 0.05) is 24.5 Å². The molecule has 0 radical (unpaired) electrons. The number of nitrogens with zero attached hydrogens (tertiary/aromatic N) is 2. The molecule has 0 saturated carbocycles. The van der Waals surface area contributed by atoms with E-state index in [1.165, 1.54) is 17.4 Å². The van der Waals surface area contributed by atoms with Crippen molar-refractivity contribution < 1.29 is 17.9 Å². The van der Waals surface area contributed by atoms with Crippen LogP contribution >= 0.6 is 11.3 Å². The van der Waals surface area contributed by atoms with Crippen LogP contribution in [0, 0.1) is 6.92 Å². The summed E-state index contributed by atoms with van der Waals surface area (Å²) in [7, 11) is -3.70. The second-order valence-electron chi connectivity index (χ2n) is 5.81. The van der Waals surface area contributed by atoms with Crippen molar-refractivity contribution >= 4 is 27.3 Å². The van der Waals surface area contributed by atoms with Crippen molar-refractivity contribution in [1.29, 1.82) is 0 Å². The summed E-state index contributed by atoms with van der Waals surface area (Å²) in [4.78, 5) is 18.1. The number of hydrogen-bond donors (Lipinski definition) is 1. The van der Waals surface area contributed by atoms with Gasteiger partial charge in [-0.05, 0) is 24.6 Å². The van der Waals surface area contributed by atoms with Crippen LogP contribution in [0.3, 0.4) is 0 Å². The molecular weight excluding hydrogens is 362 g/mol. The van der Waals surface area contributed by atoms with E-state index in [-0.39, 0.29) is 23.5 Å². The molecule has 0 bridgehead atoms. The number of nitrogens with one attached hydrogen (secondary N) is 1. The van der Waals surface area contributed by atoms with Crippen molar-refractivity contribution in [2.75, 3.05) is 19.6 Å². The molecule has 7 nitrogen and oxygen atoms in total. The van der Waals surface area contributed by atoms with E-state index in [0.29, 0.717) is 24.7 Å². The van der Waals surface area contributed by atoms with Crippen molar-refractivity contribution in [2.45, 2.75) is 24.3 Å². The number of ether oxygens (including phenoxy) is 1. The van der Waals surface area contributed by atoms with Crippen LogP contribution in [0.4, 0.5) is 0 Å². The zero-order chi connectivity index (χ0) is 17.9. The highest BCUT2D eigenvalue weighted by Crippen LogP contribution is 2.20. The predicted molar refractivity (Wildman–Crippen MR) is 94.1 cm³/mol. The molecule has 1 unspecified atom stereocenters. The van der Waals surface area contributed by atoms with E-state index in [2.05, 4.69) is 9.71 Å². The lowest BCUT2D eigenvalue weighted by molar-refractivity contribution is -0.129. The maximum absolute atomic E-state index is 12.3. The van der Waals surface area contributed by atoms with Crippen LogP contribution < -0.4 is 9.46 Å². The van der Waals surface area contributed by atoms with E-state index in [0.717, 1.165) is 5.56 Å². The standard InChI is InChI=1S/C16H19N3O4S2/c1-12-3-2-4-14(9-12)25(21,22)18-10-15(20)19-7-5-13(11-19)23-16-17-6-8-24-16/h2-4,6,8-9,13,18H,5,7,10-11H2,1H3. The molecule has 0 aliphatic carbocycles. The third-order valence-electron chi connectivity index (χ3n) is 3.89. The summed E-state index contributed by atoms with van der Waals surface area (Å²) in [6, 6.07) is 6.57.